The predicted octanol–water partition coefficient (Wildman–Crippen LogP) is 2.32. The molecule has 0 saturated heterocycles. The maximum Gasteiger partial charge on any atom is 0.0568 e. The molecular formula is C12H25NO. The van der Waals surface area contributed by atoms with Crippen molar-refractivity contribution < 1.29 is 5.11 Å². The lowest BCUT2D eigenvalue weighted by atomic mass is 9.83. The second-order valence-corrected chi connectivity index (χ2v) is 4.86. The van der Waals surface area contributed by atoms with Crippen molar-refractivity contribution >= 4 is 0 Å². The molecule has 0 aromatic carbocycles. The quantitative estimate of drug-likeness (QED) is 0.666. The first kappa shape index (κ1) is 12.0. The lowest BCUT2D eigenvalue weighted by molar-refractivity contribution is 0.0642. The average molecular weight is 199 g/mol. The molecule has 1 fully saturated rings. The third kappa shape index (κ3) is 4.43. The summed E-state index contributed by atoms with van der Waals surface area (Å²) in [7, 11) is 0. The Morgan fingerprint density at radius 1 is 1.29 bits per heavy atom. The van der Waals surface area contributed by atoms with Crippen LogP contribution in [0.3, 0.4) is 0 Å². The van der Waals surface area contributed by atoms with E-state index in [1.165, 1.54) is 32.1 Å². The minimum atomic E-state index is -0.0113. The summed E-state index contributed by atoms with van der Waals surface area (Å²) in [5.74, 6) is 0.581. The molecule has 2 unspecified atom stereocenters. The zero-order valence-corrected chi connectivity index (χ0v) is 9.63. The summed E-state index contributed by atoms with van der Waals surface area (Å²) < 4.78 is 0. The molecule has 2 heteroatoms. The number of aliphatic hydroxyl groups excluding tert-OH is 1. The Morgan fingerprint density at radius 3 is 2.64 bits per heavy atom. The van der Waals surface area contributed by atoms with E-state index in [0.717, 1.165) is 13.0 Å². The monoisotopic (exact) mass is 199 g/mol. The van der Waals surface area contributed by atoms with Gasteiger partial charge >= 0.3 is 0 Å². The van der Waals surface area contributed by atoms with E-state index in [9.17, 15) is 5.11 Å². The summed E-state index contributed by atoms with van der Waals surface area (Å²) in [6.45, 7) is 5.45. The van der Waals surface area contributed by atoms with Gasteiger partial charge in [-0.15, -0.1) is 0 Å². The molecule has 84 valence electrons. The van der Waals surface area contributed by atoms with Crippen LogP contribution in [0, 0.1) is 5.92 Å². The molecule has 1 saturated carbocycles. The van der Waals surface area contributed by atoms with E-state index < -0.39 is 0 Å². The second-order valence-electron chi connectivity index (χ2n) is 4.86. The standard InChI is InChI=1S/C12H25NO/c1-10(2)13-9-5-7-11-6-3-4-8-12(11)14/h10-14H,3-9H2,1-2H3. The van der Waals surface area contributed by atoms with Crippen LogP contribution < -0.4 is 5.32 Å². The second kappa shape index (κ2) is 6.41. The lowest BCUT2D eigenvalue weighted by Crippen LogP contribution is -2.27. The molecule has 0 heterocycles. The van der Waals surface area contributed by atoms with Gasteiger partial charge in [0.1, 0.15) is 0 Å². The van der Waals surface area contributed by atoms with E-state index in [0.29, 0.717) is 12.0 Å². The zero-order chi connectivity index (χ0) is 10.4. The summed E-state index contributed by atoms with van der Waals surface area (Å²) in [6.07, 6.45) is 7.20. The molecule has 14 heavy (non-hydrogen) atoms. The fourth-order valence-corrected chi connectivity index (χ4v) is 2.28. The summed E-state index contributed by atoms with van der Waals surface area (Å²) in [5, 5.41) is 13.2. The van der Waals surface area contributed by atoms with Crippen molar-refractivity contribution in [2.24, 2.45) is 5.92 Å². The third-order valence-corrected chi connectivity index (χ3v) is 3.17. The smallest absolute Gasteiger partial charge is 0.0568 e. The summed E-state index contributed by atoms with van der Waals surface area (Å²) in [5.41, 5.74) is 0. The van der Waals surface area contributed by atoms with Crippen molar-refractivity contribution in [2.75, 3.05) is 6.54 Å². The summed E-state index contributed by atoms with van der Waals surface area (Å²) >= 11 is 0. The van der Waals surface area contributed by atoms with Gasteiger partial charge in [-0.3, -0.25) is 0 Å². The highest BCUT2D eigenvalue weighted by Crippen LogP contribution is 2.27. The van der Waals surface area contributed by atoms with Crippen LogP contribution in [0.4, 0.5) is 0 Å². The van der Waals surface area contributed by atoms with Gasteiger partial charge in [0.15, 0.2) is 0 Å². The fourth-order valence-electron chi connectivity index (χ4n) is 2.28. The maximum absolute atomic E-state index is 9.76. The molecule has 1 aliphatic rings. The normalized spacial score (nSPS) is 28.3. The molecule has 0 radical (unpaired) electrons. The van der Waals surface area contributed by atoms with E-state index in [2.05, 4.69) is 19.2 Å². The van der Waals surface area contributed by atoms with Gasteiger partial charge in [0, 0.05) is 6.04 Å². The van der Waals surface area contributed by atoms with Crippen molar-refractivity contribution in [3.63, 3.8) is 0 Å². The number of hydrogen-bond acceptors (Lipinski definition) is 2. The highest BCUT2D eigenvalue weighted by molar-refractivity contribution is 4.74. The lowest BCUT2D eigenvalue weighted by Gasteiger charge is -2.27. The fraction of sp³-hybridized carbons (Fsp3) is 1.00. The first-order chi connectivity index (χ1) is 6.70. The summed E-state index contributed by atoms with van der Waals surface area (Å²) in [4.78, 5) is 0. The van der Waals surface area contributed by atoms with E-state index in [1.54, 1.807) is 0 Å². The van der Waals surface area contributed by atoms with Gasteiger partial charge < -0.3 is 10.4 Å². The van der Waals surface area contributed by atoms with Gasteiger partial charge in [-0.25, -0.2) is 0 Å². The van der Waals surface area contributed by atoms with Crippen LogP contribution >= 0.6 is 0 Å². The molecule has 2 N–H and O–H groups in total. The van der Waals surface area contributed by atoms with Crippen LogP contribution in [0.15, 0.2) is 0 Å². The van der Waals surface area contributed by atoms with Gasteiger partial charge in [-0.2, -0.15) is 0 Å². The molecule has 0 amide bonds. The Labute approximate surface area is 88.1 Å². The van der Waals surface area contributed by atoms with Crippen LogP contribution in [0.25, 0.3) is 0 Å². The Morgan fingerprint density at radius 2 is 2.00 bits per heavy atom. The molecule has 2 nitrogen and oxygen atoms in total. The Kier molecular flexibility index (Phi) is 5.49. The van der Waals surface area contributed by atoms with Crippen LogP contribution in [-0.4, -0.2) is 23.8 Å². The highest BCUT2D eigenvalue weighted by atomic mass is 16.3. The largest absolute Gasteiger partial charge is 0.393 e. The van der Waals surface area contributed by atoms with Gasteiger partial charge in [-0.05, 0) is 38.1 Å². The molecule has 1 aliphatic carbocycles. The van der Waals surface area contributed by atoms with Crippen molar-refractivity contribution in [3.8, 4) is 0 Å². The zero-order valence-electron chi connectivity index (χ0n) is 9.63. The van der Waals surface area contributed by atoms with E-state index in [1.807, 2.05) is 0 Å². The molecule has 0 spiro atoms. The Hall–Kier alpha value is -0.0800. The van der Waals surface area contributed by atoms with Gasteiger partial charge in [0.05, 0.1) is 6.10 Å². The first-order valence-electron chi connectivity index (χ1n) is 6.11. The van der Waals surface area contributed by atoms with Gasteiger partial charge in [-0.1, -0.05) is 26.7 Å². The van der Waals surface area contributed by atoms with E-state index in [-0.39, 0.29) is 6.10 Å². The molecule has 1 rings (SSSR count). The topological polar surface area (TPSA) is 32.3 Å². The van der Waals surface area contributed by atoms with Crippen LogP contribution in [0.5, 0.6) is 0 Å². The van der Waals surface area contributed by atoms with Crippen LogP contribution in [0.1, 0.15) is 52.4 Å². The van der Waals surface area contributed by atoms with Crippen LogP contribution in [-0.2, 0) is 0 Å². The van der Waals surface area contributed by atoms with Gasteiger partial charge in [0.25, 0.3) is 0 Å². The van der Waals surface area contributed by atoms with Crippen molar-refractivity contribution in [3.05, 3.63) is 0 Å². The molecule has 0 aliphatic heterocycles. The summed E-state index contributed by atoms with van der Waals surface area (Å²) in [6, 6.07) is 0.589. The van der Waals surface area contributed by atoms with E-state index in [4.69, 9.17) is 0 Å². The Bertz CT molecular complexity index is 147. The van der Waals surface area contributed by atoms with Crippen molar-refractivity contribution in [1.29, 1.82) is 0 Å². The number of rotatable bonds is 5. The van der Waals surface area contributed by atoms with Crippen molar-refractivity contribution in [2.45, 2.75) is 64.5 Å². The highest BCUT2D eigenvalue weighted by Gasteiger charge is 2.21. The van der Waals surface area contributed by atoms with Crippen molar-refractivity contribution in [1.82, 2.24) is 5.32 Å². The number of nitrogens with one attached hydrogen (secondary N) is 1. The minimum Gasteiger partial charge on any atom is -0.393 e. The molecule has 2 atom stereocenters. The molecule has 0 bridgehead atoms. The number of aliphatic hydroxyl groups is 1. The van der Waals surface area contributed by atoms with Gasteiger partial charge in [0.2, 0.25) is 0 Å². The first-order valence-corrected chi connectivity index (χ1v) is 6.11. The third-order valence-electron chi connectivity index (χ3n) is 3.17. The van der Waals surface area contributed by atoms with Crippen LogP contribution in [0.2, 0.25) is 0 Å². The number of hydrogen-bond donors (Lipinski definition) is 2. The predicted molar refractivity (Wildman–Crippen MR) is 60.3 cm³/mol. The maximum atomic E-state index is 9.76. The minimum absolute atomic E-state index is 0.0113. The Balaban J connectivity index is 2.04. The molecule has 0 aromatic heterocycles. The SMILES string of the molecule is CC(C)NCCCC1CCCCC1O. The average Bonchev–Trinajstić information content (AvgIpc) is 2.15. The van der Waals surface area contributed by atoms with E-state index >= 15 is 0 Å². The molecule has 0 aromatic rings. The molecular weight excluding hydrogens is 174 g/mol.